The van der Waals surface area contributed by atoms with Crippen LogP contribution in [0, 0.1) is 0 Å². The Balaban J connectivity index is 1.13. The molecule has 6 aromatic rings. The first-order chi connectivity index (χ1) is 23.4. The van der Waals surface area contributed by atoms with E-state index in [1.807, 2.05) is 84.9 Å². The number of aldehydes is 1. The summed E-state index contributed by atoms with van der Waals surface area (Å²) in [6, 6.07) is 43.8. The summed E-state index contributed by atoms with van der Waals surface area (Å²) in [6.45, 7) is 0. The number of benzene rings is 6. The van der Waals surface area contributed by atoms with Crippen molar-refractivity contribution in [2.75, 3.05) is 10.6 Å². The standard InChI is InChI=1S/C41H30N2O5/c44-26-35-24-27(11-21-37(35)42-39(45)33-17-13-31(14-18-33)29-7-3-1-4-8-29)23-28-12-22-38(36(25-28)41(47)48)43-40(46)34-19-15-32(16-20-34)30-9-5-2-6-10-30/h1-22,24-26H,23H2,(H,42,45)(H,43,46)(H,47,48). The van der Waals surface area contributed by atoms with Gasteiger partial charge in [-0.15, -0.1) is 0 Å². The first-order valence-electron chi connectivity index (χ1n) is 15.3. The summed E-state index contributed by atoms with van der Waals surface area (Å²) in [6.07, 6.45) is 0.997. The zero-order valence-corrected chi connectivity index (χ0v) is 25.7. The zero-order valence-electron chi connectivity index (χ0n) is 25.7. The van der Waals surface area contributed by atoms with Crippen LogP contribution in [0.4, 0.5) is 11.4 Å². The Kier molecular flexibility index (Phi) is 9.30. The number of hydrogen-bond donors (Lipinski definition) is 3. The molecule has 0 unspecified atom stereocenters. The Morgan fingerprint density at radius 2 is 0.958 bits per heavy atom. The lowest BCUT2D eigenvalue weighted by molar-refractivity contribution is 0.0697. The van der Waals surface area contributed by atoms with Crippen LogP contribution in [0.25, 0.3) is 22.3 Å². The Bertz CT molecular complexity index is 2110. The molecule has 0 saturated heterocycles. The van der Waals surface area contributed by atoms with Crippen LogP contribution in [0.5, 0.6) is 0 Å². The first kappa shape index (κ1) is 31.4. The third-order valence-electron chi connectivity index (χ3n) is 7.97. The van der Waals surface area contributed by atoms with Crippen LogP contribution in [0.15, 0.2) is 146 Å². The highest BCUT2D eigenvalue weighted by Gasteiger charge is 2.16. The molecule has 0 aliphatic carbocycles. The van der Waals surface area contributed by atoms with Gasteiger partial charge in [0.2, 0.25) is 0 Å². The number of aromatic carboxylic acids is 1. The van der Waals surface area contributed by atoms with E-state index in [2.05, 4.69) is 10.6 Å². The summed E-state index contributed by atoms with van der Waals surface area (Å²) in [4.78, 5) is 50.1. The molecule has 48 heavy (non-hydrogen) atoms. The van der Waals surface area contributed by atoms with Crippen molar-refractivity contribution in [2.24, 2.45) is 0 Å². The second-order valence-corrected chi connectivity index (χ2v) is 11.2. The topological polar surface area (TPSA) is 113 Å². The summed E-state index contributed by atoms with van der Waals surface area (Å²) in [5, 5.41) is 15.5. The zero-order chi connectivity index (χ0) is 33.5. The van der Waals surface area contributed by atoms with E-state index in [9.17, 15) is 24.3 Å². The average molecular weight is 631 g/mol. The second kappa shape index (κ2) is 14.2. The minimum absolute atomic E-state index is 0.0560. The van der Waals surface area contributed by atoms with Gasteiger partial charge in [-0.2, -0.15) is 0 Å². The van der Waals surface area contributed by atoms with Gasteiger partial charge in [-0.25, -0.2) is 4.79 Å². The third kappa shape index (κ3) is 7.27. The quantitative estimate of drug-likeness (QED) is 0.131. The normalized spacial score (nSPS) is 10.6. The Hall–Kier alpha value is -6.60. The van der Waals surface area contributed by atoms with Gasteiger partial charge in [0.05, 0.1) is 16.9 Å². The maximum Gasteiger partial charge on any atom is 0.337 e. The van der Waals surface area contributed by atoms with E-state index in [1.165, 1.54) is 6.07 Å². The smallest absolute Gasteiger partial charge is 0.337 e. The first-order valence-corrected chi connectivity index (χ1v) is 15.3. The molecular formula is C41H30N2O5. The molecular weight excluding hydrogens is 600 g/mol. The number of nitrogens with one attached hydrogen (secondary N) is 2. The predicted octanol–water partition coefficient (Wildman–Crippen LogP) is 8.63. The second-order valence-electron chi connectivity index (χ2n) is 11.2. The third-order valence-corrected chi connectivity index (χ3v) is 7.97. The number of carbonyl (C=O) groups is 4. The molecule has 0 bridgehead atoms. The molecule has 0 fully saturated rings. The molecule has 3 N–H and O–H groups in total. The molecule has 0 aliphatic rings. The Labute approximate surface area is 277 Å². The van der Waals surface area contributed by atoms with Crippen molar-refractivity contribution in [3.63, 3.8) is 0 Å². The highest BCUT2D eigenvalue weighted by molar-refractivity contribution is 6.08. The Morgan fingerprint density at radius 1 is 0.521 bits per heavy atom. The predicted molar refractivity (Wildman–Crippen MR) is 188 cm³/mol. The molecule has 0 radical (unpaired) electrons. The van der Waals surface area contributed by atoms with Gasteiger partial charge >= 0.3 is 5.97 Å². The molecule has 0 heterocycles. The summed E-state index contributed by atoms with van der Waals surface area (Å²) >= 11 is 0. The van der Waals surface area contributed by atoms with E-state index in [-0.39, 0.29) is 17.2 Å². The van der Waals surface area contributed by atoms with Crippen LogP contribution < -0.4 is 10.6 Å². The summed E-state index contributed by atoms with van der Waals surface area (Å²) < 4.78 is 0. The molecule has 7 nitrogen and oxygen atoms in total. The van der Waals surface area contributed by atoms with Crippen LogP contribution in [0.3, 0.4) is 0 Å². The van der Waals surface area contributed by atoms with Crippen LogP contribution in [0.1, 0.15) is 52.6 Å². The van der Waals surface area contributed by atoms with E-state index in [0.717, 1.165) is 27.8 Å². The minimum Gasteiger partial charge on any atom is -0.478 e. The molecule has 6 aromatic carbocycles. The van der Waals surface area contributed by atoms with Crippen molar-refractivity contribution in [1.82, 2.24) is 0 Å². The lowest BCUT2D eigenvalue weighted by Crippen LogP contribution is -2.15. The number of anilines is 2. The van der Waals surface area contributed by atoms with Gasteiger partial charge in [0, 0.05) is 16.7 Å². The van der Waals surface area contributed by atoms with Crippen LogP contribution >= 0.6 is 0 Å². The number of carboxylic acids is 1. The molecule has 2 amide bonds. The monoisotopic (exact) mass is 630 g/mol. The molecule has 0 aromatic heterocycles. The fraction of sp³-hybridized carbons (Fsp3) is 0.0244. The van der Waals surface area contributed by atoms with Crippen LogP contribution in [-0.2, 0) is 6.42 Å². The minimum atomic E-state index is -1.19. The molecule has 234 valence electrons. The van der Waals surface area contributed by atoms with Gasteiger partial charge in [-0.3, -0.25) is 14.4 Å². The van der Waals surface area contributed by atoms with Gasteiger partial charge in [-0.05, 0) is 88.3 Å². The maximum atomic E-state index is 13.0. The molecule has 0 atom stereocenters. The maximum absolute atomic E-state index is 13.0. The van der Waals surface area contributed by atoms with E-state index in [1.54, 1.807) is 54.6 Å². The average Bonchev–Trinajstić information content (AvgIpc) is 3.13. The molecule has 0 saturated carbocycles. The van der Waals surface area contributed by atoms with Crippen molar-refractivity contribution in [3.05, 3.63) is 179 Å². The van der Waals surface area contributed by atoms with E-state index in [4.69, 9.17) is 0 Å². The fourth-order valence-electron chi connectivity index (χ4n) is 5.43. The Morgan fingerprint density at radius 3 is 1.44 bits per heavy atom. The van der Waals surface area contributed by atoms with Crippen molar-refractivity contribution >= 4 is 35.4 Å². The SMILES string of the molecule is O=Cc1cc(Cc2ccc(NC(=O)c3ccc(-c4ccccc4)cc3)c(C(=O)O)c2)ccc1NC(=O)c1ccc(-c2ccccc2)cc1. The van der Waals surface area contributed by atoms with Gasteiger partial charge in [0.25, 0.3) is 11.8 Å². The van der Waals surface area contributed by atoms with E-state index >= 15 is 0 Å². The lowest BCUT2D eigenvalue weighted by atomic mass is 9.99. The number of carbonyl (C=O) groups excluding carboxylic acids is 3. The van der Waals surface area contributed by atoms with Gasteiger partial charge < -0.3 is 15.7 Å². The molecule has 0 spiro atoms. The van der Waals surface area contributed by atoms with Gasteiger partial charge in [0.15, 0.2) is 6.29 Å². The molecule has 6 rings (SSSR count). The highest BCUT2D eigenvalue weighted by atomic mass is 16.4. The van der Waals surface area contributed by atoms with Crippen molar-refractivity contribution < 1.29 is 24.3 Å². The largest absolute Gasteiger partial charge is 0.478 e. The number of hydrogen-bond acceptors (Lipinski definition) is 4. The van der Waals surface area contributed by atoms with Crippen molar-refractivity contribution in [1.29, 1.82) is 0 Å². The van der Waals surface area contributed by atoms with Crippen LogP contribution in [-0.4, -0.2) is 29.2 Å². The lowest BCUT2D eigenvalue weighted by Gasteiger charge is -2.13. The van der Waals surface area contributed by atoms with Gasteiger partial charge in [-0.1, -0.05) is 97.1 Å². The van der Waals surface area contributed by atoms with E-state index in [0.29, 0.717) is 40.6 Å². The molecule has 7 heteroatoms. The summed E-state index contributed by atoms with van der Waals surface area (Å²) in [5.74, 6) is -1.96. The van der Waals surface area contributed by atoms with Crippen molar-refractivity contribution in [3.8, 4) is 22.3 Å². The molecule has 0 aliphatic heterocycles. The number of rotatable bonds is 10. The van der Waals surface area contributed by atoms with Crippen molar-refractivity contribution in [2.45, 2.75) is 6.42 Å². The summed E-state index contributed by atoms with van der Waals surface area (Å²) in [7, 11) is 0. The summed E-state index contributed by atoms with van der Waals surface area (Å²) in [5.41, 5.74) is 7.06. The number of carboxylic acid groups (broad SMARTS) is 1. The fourth-order valence-corrected chi connectivity index (χ4v) is 5.43. The van der Waals surface area contributed by atoms with Gasteiger partial charge in [0.1, 0.15) is 0 Å². The van der Waals surface area contributed by atoms with Crippen LogP contribution in [0.2, 0.25) is 0 Å². The van der Waals surface area contributed by atoms with E-state index < -0.39 is 11.9 Å². The number of amides is 2. The highest BCUT2D eigenvalue weighted by Crippen LogP contribution is 2.25.